The van der Waals surface area contributed by atoms with Crippen LogP contribution in [0.5, 0.6) is 0 Å². The van der Waals surface area contributed by atoms with E-state index in [1.54, 1.807) is 0 Å². The molecule has 0 amide bonds. The molecule has 118 valence electrons. The van der Waals surface area contributed by atoms with Crippen LogP contribution in [-0.2, 0) is 9.53 Å². The molecule has 3 heteroatoms. The number of benzene rings is 1. The van der Waals surface area contributed by atoms with Gasteiger partial charge in [-0.3, -0.25) is 4.79 Å². The zero-order valence-electron chi connectivity index (χ0n) is 13.6. The monoisotopic (exact) mass is 307 g/mol. The van der Waals surface area contributed by atoms with Crippen LogP contribution in [0.25, 0.3) is 0 Å². The van der Waals surface area contributed by atoms with Crippen molar-refractivity contribution in [2.75, 3.05) is 11.4 Å². The third kappa shape index (κ3) is 2.16. The van der Waals surface area contributed by atoms with Crippen LogP contribution in [0, 0.1) is 17.8 Å². The molecule has 0 spiro atoms. The van der Waals surface area contributed by atoms with Crippen LogP contribution in [0.1, 0.15) is 44.6 Å². The second kappa shape index (κ2) is 4.89. The van der Waals surface area contributed by atoms with E-state index in [1.807, 2.05) is 12.1 Å². The highest BCUT2D eigenvalue weighted by molar-refractivity contribution is 5.99. The van der Waals surface area contributed by atoms with Crippen molar-refractivity contribution < 1.29 is 9.53 Å². The molecule has 2 heterocycles. The summed E-state index contributed by atoms with van der Waals surface area (Å²) in [5, 5.41) is 0. The number of terminal acetylenes is 1. The Kier molecular flexibility index (Phi) is 3.06. The molecule has 2 aliphatic heterocycles. The van der Waals surface area contributed by atoms with E-state index in [9.17, 15) is 4.79 Å². The molecular weight excluding hydrogens is 286 g/mol. The van der Waals surface area contributed by atoms with Gasteiger partial charge in [0, 0.05) is 36.4 Å². The van der Waals surface area contributed by atoms with Gasteiger partial charge in [-0.2, -0.15) is 0 Å². The van der Waals surface area contributed by atoms with Gasteiger partial charge in [0.15, 0.2) is 12.0 Å². The number of para-hydroxylation sites is 1. The van der Waals surface area contributed by atoms with Gasteiger partial charge in [-0.05, 0) is 17.0 Å². The summed E-state index contributed by atoms with van der Waals surface area (Å²) in [6, 6.07) is 8.27. The molecule has 1 aromatic rings. The molecule has 2 unspecified atom stereocenters. The number of hydrogen-bond acceptors (Lipinski definition) is 3. The molecular formula is C20H21NO2. The molecule has 0 fully saturated rings. The second-order valence-electron chi connectivity index (χ2n) is 7.53. The van der Waals surface area contributed by atoms with Crippen LogP contribution in [0.15, 0.2) is 35.6 Å². The van der Waals surface area contributed by atoms with Gasteiger partial charge in [0.25, 0.3) is 0 Å². The minimum Gasteiger partial charge on any atom is -0.474 e. The van der Waals surface area contributed by atoms with Crippen LogP contribution in [-0.4, -0.2) is 18.6 Å². The van der Waals surface area contributed by atoms with E-state index in [0.29, 0.717) is 13.0 Å². The van der Waals surface area contributed by atoms with Crippen LogP contribution in [0.2, 0.25) is 0 Å². The zero-order chi connectivity index (χ0) is 16.2. The van der Waals surface area contributed by atoms with E-state index >= 15 is 0 Å². The van der Waals surface area contributed by atoms with Crippen LogP contribution >= 0.6 is 0 Å². The molecule has 0 aromatic heterocycles. The number of carbonyl (C=O) groups excluding carboxylic acids is 1. The highest BCUT2D eigenvalue weighted by atomic mass is 16.5. The standard InChI is InChI=1S/C20H21NO2/c1-4-9-21-15-8-6-5-7-13(15)14-10-18(21)23-17-12-20(2,3)11-16(22)19(14)17/h1,5-8,14,18H,9-12H2,2-3H3. The first kappa shape index (κ1) is 14.4. The third-order valence-corrected chi connectivity index (χ3v) is 5.17. The molecule has 1 aromatic carbocycles. The third-order valence-electron chi connectivity index (χ3n) is 5.17. The largest absolute Gasteiger partial charge is 0.474 e. The number of anilines is 1. The summed E-state index contributed by atoms with van der Waals surface area (Å²) in [5.74, 6) is 4.03. The molecule has 2 atom stereocenters. The molecule has 0 saturated carbocycles. The Balaban J connectivity index is 1.86. The lowest BCUT2D eigenvalue weighted by Gasteiger charge is -2.48. The van der Waals surface area contributed by atoms with Gasteiger partial charge in [0.05, 0.1) is 6.54 Å². The number of rotatable bonds is 1. The number of hydrogen-bond donors (Lipinski definition) is 0. The highest BCUT2D eigenvalue weighted by Crippen LogP contribution is 2.52. The maximum Gasteiger partial charge on any atom is 0.173 e. The Hall–Kier alpha value is -2.21. The zero-order valence-corrected chi connectivity index (χ0v) is 13.6. The smallest absolute Gasteiger partial charge is 0.173 e. The molecule has 3 nitrogen and oxygen atoms in total. The van der Waals surface area contributed by atoms with E-state index in [4.69, 9.17) is 11.2 Å². The number of allylic oxidation sites excluding steroid dienone is 2. The molecule has 0 N–H and O–H groups in total. The van der Waals surface area contributed by atoms with Crippen LogP contribution in [0.4, 0.5) is 5.69 Å². The van der Waals surface area contributed by atoms with Crippen molar-refractivity contribution in [2.45, 2.75) is 45.3 Å². The minimum atomic E-state index is -0.0635. The van der Waals surface area contributed by atoms with E-state index in [-0.39, 0.29) is 23.3 Å². The molecule has 4 rings (SSSR count). The summed E-state index contributed by atoms with van der Waals surface area (Å²) in [6.07, 6.45) is 7.75. The quantitative estimate of drug-likeness (QED) is 0.742. The normalized spacial score (nSPS) is 27.7. The molecule has 0 saturated heterocycles. The van der Waals surface area contributed by atoms with Gasteiger partial charge in [0.2, 0.25) is 0 Å². The maximum atomic E-state index is 12.8. The first-order valence-corrected chi connectivity index (χ1v) is 8.22. The van der Waals surface area contributed by atoms with Crippen molar-refractivity contribution in [3.8, 4) is 12.3 Å². The lowest BCUT2D eigenvalue weighted by atomic mass is 9.69. The fraction of sp³-hybridized carbons (Fsp3) is 0.450. The Morgan fingerprint density at radius 2 is 2.13 bits per heavy atom. The summed E-state index contributed by atoms with van der Waals surface area (Å²) in [4.78, 5) is 14.9. The van der Waals surface area contributed by atoms with E-state index in [1.165, 1.54) is 5.56 Å². The number of carbonyl (C=O) groups is 1. The number of fused-ring (bicyclic) bond motifs is 5. The predicted octanol–water partition coefficient (Wildman–Crippen LogP) is 3.61. The SMILES string of the molecule is C#CCN1c2ccccc2C2CC1OC1=C2C(=O)CC(C)(C)C1. The Morgan fingerprint density at radius 3 is 2.91 bits per heavy atom. The number of ketones is 1. The van der Waals surface area contributed by atoms with Gasteiger partial charge in [-0.15, -0.1) is 6.42 Å². The highest BCUT2D eigenvalue weighted by Gasteiger charge is 2.46. The molecule has 2 bridgehead atoms. The molecule has 1 aliphatic carbocycles. The summed E-state index contributed by atoms with van der Waals surface area (Å²) in [6.45, 7) is 4.79. The van der Waals surface area contributed by atoms with Crippen molar-refractivity contribution in [1.29, 1.82) is 0 Å². The molecule has 23 heavy (non-hydrogen) atoms. The second-order valence-corrected chi connectivity index (χ2v) is 7.53. The summed E-state index contributed by atoms with van der Waals surface area (Å²) in [5.41, 5.74) is 3.20. The average molecular weight is 307 g/mol. The van der Waals surface area contributed by atoms with Crippen molar-refractivity contribution >= 4 is 11.5 Å². The van der Waals surface area contributed by atoms with Gasteiger partial charge in [0.1, 0.15) is 5.76 Å². The molecule has 0 radical (unpaired) electrons. The Bertz CT molecular complexity index is 753. The Labute approximate surface area is 137 Å². The van der Waals surface area contributed by atoms with Gasteiger partial charge in [-0.25, -0.2) is 0 Å². The van der Waals surface area contributed by atoms with Crippen molar-refractivity contribution in [1.82, 2.24) is 0 Å². The van der Waals surface area contributed by atoms with Gasteiger partial charge >= 0.3 is 0 Å². The fourth-order valence-electron chi connectivity index (χ4n) is 4.26. The first-order chi connectivity index (χ1) is 11.0. The summed E-state index contributed by atoms with van der Waals surface area (Å²) >= 11 is 0. The minimum absolute atomic E-state index is 0.0297. The van der Waals surface area contributed by atoms with Crippen LogP contribution < -0.4 is 4.90 Å². The lowest BCUT2D eigenvalue weighted by molar-refractivity contribution is -0.120. The summed E-state index contributed by atoms with van der Waals surface area (Å²) < 4.78 is 6.28. The maximum absolute atomic E-state index is 12.8. The predicted molar refractivity (Wildman–Crippen MR) is 89.9 cm³/mol. The number of Topliss-reactive ketones (excluding diaryl/α,β-unsaturated/α-hetero) is 1. The van der Waals surface area contributed by atoms with Gasteiger partial charge < -0.3 is 9.64 Å². The van der Waals surface area contributed by atoms with E-state index < -0.39 is 0 Å². The Morgan fingerprint density at radius 1 is 1.35 bits per heavy atom. The van der Waals surface area contributed by atoms with E-state index in [0.717, 1.165) is 29.9 Å². The first-order valence-electron chi connectivity index (χ1n) is 8.22. The lowest BCUT2D eigenvalue weighted by Crippen LogP contribution is -2.47. The van der Waals surface area contributed by atoms with E-state index in [2.05, 4.69) is 36.8 Å². The number of nitrogens with zero attached hydrogens (tertiary/aromatic N) is 1. The number of ether oxygens (including phenoxy) is 1. The fourth-order valence-corrected chi connectivity index (χ4v) is 4.26. The average Bonchev–Trinajstić information content (AvgIpc) is 2.49. The summed E-state index contributed by atoms with van der Waals surface area (Å²) in [7, 11) is 0. The van der Waals surface area contributed by atoms with Gasteiger partial charge in [-0.1, -0.05) is 38.0 Å². The molecule has 3 aliphatic rings. The van der Waals surface area contributed by atoms with Crippen molar-refractivity contribution in [2.24, 2.45) is 5.41 Å². The van der Waals surface area contributed by atoms with Crippen LogP contribution in [0.3, 0.4) is 0 Å². The van der Waals surface area contributed by atoms with Crippen molar-refractivity contribution in [3.05, 3.63) is 41.2 Å². The van der Waals surface area contributed by atoms with Crippen molar-refractivity contribution in [3.63, 3.8) is 0 Å². The topological polar surface area (TPSA) is 29.5 Å².